The van der Waals surface area contributed by atoms with Crippen LogP contribution in [0.3, 0.4) is 0 Å². The van der Waals surface area contributed by atoms with Crippen LogP contribution in [0.1, 0.15) is 25.5 Å². The summed E-state index contributed by atoms with van der Waals surface area (Å²) < 4.78 is 5.94. The molecule has 0 spiro atoms. The maximum absolute atomic E-state index is 8.98. The summed E-state index contributed by atoms with van der Waals surface area (Å²) in [4.78, 5) is 11.2. The van der Waals surface area contributed by atoms with Crippen molar-refractivity contribution < 1.29 is 4.74 Å². The van der Waals surface area contributed by atoms with Crippen LogP contribution in [0.5, 0.6) is 0 Å². The summed E-state index contributed by atoms with van der Waals surface area (Å²) in [6.07, 6.45) is 3.96. The Morgan fingerprint density at radius 1 is 1.11 bits per heavy atom. The maximum Gasteiger partial charge on any atom is 0.142 e. The van der Waals surface area contributed by atoms with E-state index in [1.165, 1.54) is 0 Å². The van der Waals surface area contributed by atoms with Crippen LogP contribution in [0, 0.1) is 23.2 Å². The lowest BCUT2D eigenvalue weighted by atomic mass is 10.1. The quantitative estimate of drug-likeness (QED) is 0.737. The molecule has 0 radical (unpaired) electrons. The van der Waals surface area contributed by atoms with E-state index >= 15 is 0 Å². The molecule has 0 amide bonds. The minimum absolute atomic E-state index is 0.279. The van der Waals surface area contributed by atoms with Crippen molar-refractivity contribution in [1.82, 2.24) is 14.8 Å². The van der Waals surface area contributed by atoms with E-state index in [1.807, 2.05) is 12.1 Å². The molecule has 0 unspecified atom stereocenters. The molecule has 3 heterocycles. The number of nitriles is 1. The third kappa shape index (κ3) is 5.94. The standard InChI is InChI=1S/C21H29N5O/c1-2-24-12-14-25(15-13-24)9-3-4-16-27-21-6-10-26(11-7-21)20-5-8-23-19(17-20)18-22/h5,8,17,21H,2,6-7,9-16H2,1H3. The van der Waals surface area contributed by atoms with E-state index in [0.717, 1.165) is 70.9 Å². The third-order valence-electron chi connectivity index (χ3n) is 5.40. The van der Waals surface area contributed by atoms with Crippen molar-refractivity contribution in [2.75, 3.05) is 63.9 Å². The predicted octanol–water partition coefficient (Wildman–Crippen LogP) is 1.58. The second kappa shape index (κ2) is 10.3. The van der Waals surface area contributed by atoms with Crippen LogP contribution in [0.2, 0.25) is 0 Å². The summed E-state index contributed by atoms with van der Waals surface area (Å²) in [7, 11) is 0. The van der Waals surface area contributed by atoms with Crippen LogP contribution >= 0.6 is 0 Å². The van der Waals surface area contributed by atoms with Crippen LogP contribution in [0.4, 0.5) is 5.69 Å². The second-order valence-corrected chi connectivity index (χ2v) is 7.07. The fourth-order valence-electron chi connectivity index (χ4n) is 3.60. The van der Waals surface area contributed by atoms with E-state index in [-0.39, 0.29) is 6.10 Å². The van der Waals surface area contributed by atoms with Gasteiger partial charge in [0.2, 0.25) is 0 Å². The molecule has 2 fully saturated rings. The first kappa shape index (κ1) is 19.6. The summed E-state index contributed by atoms with van der Waals surface area (Å²) in [6.45, 7) is 11.2. The van der Waals surface area contributed by atoms with Gasteiger partial charge in [-0.15, -0.1) is 0 Å². The summed E-state index contributed by atoms with van der Waals surface area (Å²) in [6, 6.07) is 5.92. The van der Waals surface area contributed by atoms with Gasteiger partial charge in [-0.05, 0) is 31.5 Å². The van der Waals surface area contributed by atoms with Gasteiger partial charge in [0.1, 0.15) is 18.4 Å². The second-order valence-electron chi connectivity index (χ2n) is 7.07. The molecule has 2 aliphatic heterocycles. The zero-order valence-corrected chi connectivity index (χ0v) is 16.2. The maximum atomic E-state index is 8.98. The van der Waals surface area contributed by atoms with E-state index in [9.17, 15) is 0 Å². The summed E-state index contributed by atoms with van der Waals surface area (Å²) in [5, 5.41) is 8.98. The molecule has 3 rings (SSSR count). The molecule has 6 heteroatoms. The van der Waals surface area contributed by atoms with Crippen LogP contribution < -0.4 is 4.90 Å². The molecule has 144 valence electrons. The predicted molar refractivity (Wildman–Crippen MR) is 106 cm³/mol. The van der Waals surface area contributed by atoms with E-state index < -0.39 is 0 Å². The smallest absolute Gasteiger partial charge is 0.142 e. The van der Waals surface area contributed by atoms with Gasteiger partial charge in [0.05, 0.1) is 12.6 Å². The Balaban J connectivity index is 1.33. The zero-order valence-electron chi connectivity index (χ0n) is 16.2. The average molecular weight is 367 g/mol. The third-order valence-corrected chi connectivity index (χ3v) is 5.40. The Morgan fingerprint density at radius 3 is 2.56 bits per heavy atom. The first-order valence-electron chi connectivity index (χ1n) is 9.91. The molecular weight excluding hydrogens is 338 g/mol. The molecule has 0 N–H and O–H groups in total. The fraction of sp³-hybridized carbons (Fsp3) is 0.619. The number of nitrogens with zero attached hydrogens (tertiary/aromatic N) is 5. The number of piperazine rings is 1. The number of piperidine rings is 1. The molecule has 0 aromatic carbocycles. The molecule has 0 bridgehead atoms. The van der Waals surface area contributed by atoms with Crippen molar-refractivity contribution in [1.29, 1.82) is 5.26 Å². The first-order chi connectivity index (χ1) is 13.3. The SMILES string of the molecule is CCN1CCN(CC#CCOC2CCN(c3ccnc(C#N)c3)CC2)CC1. The van der Waals surface area contributed by atoms with Gasteiger partial charge >= 0.3 is 0 Å². The molecule has 1 aromatic rings. The number of ether oxygens (including phenoxy) is 1. The van der Waals surface area contributed by atoms with E-state index in [4.69, 9.17) is 10.00 Å². The molecule has 0 atom stereocenters. The molecule has 2 aliphatic rings. The number of hydrogen-bond acceptors (Lipinski definition) is 6. The lowest BCUT2D eigenvalue weighted by molar-refractivity contribution is 0.0594. The van der Waals surface area contributed by atoms with Crippen LogP contribution in [-0.4, -0.2) is 79.9 Å². The summed E-state index contributed by atoms with van der Waals surface area (Å²) in [5.74, 6) is 6.44. The Bertz CT molecular complexity index is 689. The molecule has 1 aromatic heterocycles. The van der Waals surface area contributed by atoms with E-state index in [2.05, 4.69) is 44.5 Å². The number of hydrogen-bond donors (Lipinski definition) is 0. The minimum Gasteiger partial charge on any atom is -0.371 e. The topological polar surface area (TPSA) is 55.6 Å². The summed E-state index contributed by atoms with van der Waals surface area (Å²) in [5.41, 5.74) is 1.54. The van der Waals surface area contributed by atoms with Crippen molar-refractivity contribution in [3.8, 4) is 17.9 Å². The van der Waals surface area contributed by atoms with Crippen molar-refractivity contribution in [2.45, 2.75) is 25.9 Å². The first-order valence-corrected chi connectivity index (χ1v) is 9.91. The molecule has 0 aliphatic carbocycles. The monoisotopic (exact) mass is 367 g/mol. The molecular formula is C21H29N5O. The molecule has 0 saturated carbocycles. The Kier molecular flexibility index (Phi) is 7.47. The lowest BCUT2D eigenvalue weighted by Gasteiger charge is -2.33. The molecule has 6 nitrogen and oxygen atoms in total. The summed E-state index contributed by atoms with van der Waals surface area (Å²) >= 11 is 0. The Hall–Kier alpha value is -2.12. The zero-order chi connectivity index (χ0) is 18.9. The normalized spacial score (nSPS) is 19.3. The van der Waals surface area contributed by atoms with Gasteiger partial charge in [0.25, 0.3) is 0 Å². The fourth-order valence-corrected chi connectivity index (χ4v) is 3.60. The van der Waals surface area contributed by atoms with Gasteiger partial charge in [-0.1, -0.05) is 18.8 Å². The Morgan fingerprint density at radius 2 is 1.85 bits per heavy atom. The van der Waals surface area contributed by atoms with Gasteiger partial charge in [0, 0.05) is 51.2 Å². The molecule has 27 heavy (non-hydrogen) atoms. The average Bonchev–Trinajstić information content (AvgIpc) is 2.74. The number of aromatic nitrogens is 1. The van der Waals surface area contributed by atoms with Crippen LogP contribution in [-0.2, 0) is 4.74 Å². The Labute approximate surface area is 162 Å². The van der Waals surface area contributed by atoms with Gasteiger partial charge in [-0.25, -0.2) is 4.98 Å². The van der Waals surface area contributed by atoms with Crippen molar-refractivity contribution in [3.63, 3.8) is 0 Å². The van der Waals surface area contributed by atoms with Gasteiger partial charge < -0.3 is 14.5 Å². The minimum atomic E-state index is 0.279. The highest BCUT2D eigenvalue weighted by atomic mass is 16.5. The van der Waals surface area contributed by atoms with Gasteiger partial charge in [-0.3, -0.25) is 4.90 Å². The van der Waals surface area contributed by atoms with Crippen molar-refractivity contribution in [3.05, 3.63) is 24.0 Å². The molecule has 2 saturated heterocycles. The van der Waals surface area contributed by atoms with E-state index in [1.54, 1.807) is 6.20 Å². The highest BCUT2D eigenvalue weighted by molar-refractivity contribution is 5.49. The van der Waals surface area contributed by atoms with Gasteiger partial charge in [-0.2, -0.15) is 5.26 Å². The van der Waals surface area contributed by atoms with Crippen molar-refractivity contribution in [2.24, 2.45) is 0 Å². The van der Waals surface area contributed by atoms with E-state index in [0.29, 0.717) is 12.3 Å². The number of likely N-dealkylation sites (N-methyl/N-ethyl adjacent to an activating group) is 1. The number of rotatable bonds is 5. The highest BCUT2D eigenvalue weighted by Gasteiger charge is 2.20. The van der Waals surface area contributed by atoms with Gasteiger partial charge in [0.15, 0.2) is 0 Å². The lowest BCUT2D eigenvalue weighted by Crippen LogP contribution is -2.46. The largest absolute Gasteiger partial charge is 0.371 e. The highest BCUT2D eigenvalue weighted by Crippen LogP contribution is 2.21. The van der Waals surface area contributed by atoms with Crippen molar-refractivity contribution >= 4 is 5.69 Å². The van der Waals surface area contributed by atoms with Crippen LogP contribution in [0.15, 0.2) is 18.3 Å². The van der Waals surface area contributed by atoms with Crippen LogP contribution in [0.25, 0.3) is 0 Å². The number of anilines is 1. The number of pyridine rings is 1.